The maximum Gasteiger partial charge on any atom is 0.215 e. The molecule has 0 spiro atoms. The Morgan fingerprint density at radius 3 is 2.47 bits per heavy atom. The molecule has 1 aromatic heterocycles. The van der Waals surface area contributed by atoms with Crippen LogP contribution in [0.15, 0.2) is 24.4 Å². The smallest absolute Gasteiger partial charge is 0.215 e. The highest BCUT2D eigenvalue weighted by atomic mass is 19.1. The van der Waals surface area contributed by atoms with Crippen molar-refractivity contribution in [2.45, 2.75) is 13.5 Å². The Bertz CT molecular complexity index is 581. The molecule has 0 aliphatic rings. The molecule has 100 valence electrons. The topological polar surface area (TPSA) is 44.1 Å². The normalized spacial score (nSPS) is 10.5. The number of nitrogens with zero attached hydrogens (tertiary/aromatic N) is 2. The van der Waals surface area contributed by atoms with Gasteiger partial charge in [0.25, 0.3) is 0 Å². The number of aryl methyl sites for hydroxylation is 1. The van der Waals surface area contributed by atoms with Gasteiger partial charge in [0, 0.05) is 18.2 Å². The molecule has 0 fully saturated rings. The number of benzene rings is 1. The fourth-order valence-electron chi connectivity index (χ4n) is 1.81. The molecule has 0 saturated carbocycles. The summed E-state index contributed by atoms with van der Waals surface area (Å²) >= 11 is 0. The largest absolute Gasteiger partial charge is 0.493 e. The number of carbonyl (C=O) groups is 1. The predicted octanol–water partition coefficient (Wildman–Crippen LogP) is 2.42. The van der Waals surface area contributed by atoms with E-state index in [9.17, 15) is 13.6 Å². The standard InChI is InChI=1S/C13H12F2N2O2/c1-3-17-12(11(19-2)7-16-17)13(18)8-4-9(14)6-10(15)5-8/h4-7H,3H2,1-2H3. The summed E-state index contributed by atoms with van der Waals surface area (Å²) in [5.41, 5.74) is 0.0981. The number of ether oxygens (including phenoxy) is 1. The first-order chi connectivity index (χ1) is 9.06. The highest BCUT2D eigenvalue weighted by Gasteiger charge is 2.21. The van der Waals surface area contributed by atoms with Crippen LogP contribution < -0.4 is 4.74 Å². The van der Waals surface area contributed by atoms with Crippen LogP contribution >= 0.6 is 0 Å². The molecule has 0 amide bonds. The van der Waals surface area contributed by atoms with Gasteiger partial charge in [-0.2, -0.15) is 5.10 Å². The first-order valence-electron chi connectivity index (χ1n) is 5.67. The van der Waals surface area contributed by atoms with Crippen molar-refractivity contribution < 1.29 is 18.3 Å². The van der Waals surface area contributed by atoms with Gasteiger partial charge in [0.2, 0.25) is 5.78 Å². The average Bonchev–Trinajstić information content (AvgIpc) is 2.79. The third-order valence-electron chi connectivity index (χ3n) is 2.67. The van der Waals surface area contributed by atoms with Gasteiger partial charge in [0.05, 0.1) is 13.3 Å². The molecule has 0 aliphatic carbocycles. The number of aromatic nitrogens is 2. The molecular formula is C13H12F2N2O2. The van der Waals surface area contributed by atoms with E-state index in [0.717, 1.165) is 12.1 Å². The Balaban J connectivity index is 2.52. The Morgan fingerprint density at radius 1 is 1.32 bits per heavy atom. The van der Waals surface area contributed by atoms with E-state index in [0.29, 0.717) is 12.6 Å². The predicted molar refractivity (Wildman–Crippen MR) is 64.2 cm³/mol. The molecule has 0 radical (unpaired) electrons. The van der Waals surface area contributed by atoms with Crippen LogP contribution in [-0.2, 0) is 6.54 Å². The lowest BCUT2D eigenvalue weighted by molar-refractivity contribution is 0.102. The van der Waals surface area contributed by atoms with E-state index >= 15 is 0 Å². The van der Waals surface area contributed by atoms with E-state index in [-0.39, 0.29) is 17.0 Å². The van der Waals surface area contributed by atoms with Crippen molar-refractivity contribution in [2.24, 2.45) is 0 Å². The van der Waals surface area contributed by atoms with Gasteiger partial charge in [-0.3, -0.25) is 9.48 Å². The summed E-state index contributed by atoms with van der Waals surface area (Å²) in [7, 11) is 1.40. The van der Waals surface area contributed by atoms with Gasteiger partial charge in [-0.05, 0) is 19.1 Å². The quantitative estimate of drug-likeness (QED) is 0.798. The fourth-order valence-corrected chi connectivity index (χ4v) is 1.81. The van der Waals surface area contributed by atoms with Crippen molar-refractivity contribution in [1.29, 1.82) is 0 Å². The minimum atomic E-state index is -0.801. The van der Waals surface area contributed by atoms with Crippen LogP contribution in [-0.4, -0.2) is 22.7 Å². The molecule has 1 heterocycles. The van der Waals surface area contributed by atoms with E-state index in [1.165, 1.54) is 18.0 Å². The second kappa shape index (κ2) is 5.17. The molecule has 0 saturated heterocycles. The summed E-state index contributed by atoms with van der Waals surface area (Å²) in [6, 6.07) is 2.68. The number of carbonyl (C=O) groups excluding carboxylic acids is 1. The second-order valence-electron chi connectivity index (χ2n) is 3.86. The van der Waals surface area contributed by atoms with Gasteiger partial charge in [-0.25, -0.2) is 8.78 Å². The molecule has 6 heteroatoms. The average molecular weight is 266 g/mol. The van der Waals surface area contributed by atoms with Crippen LogP contribution in [0.5, 0.6) is 5.75 Å². The number of hydrogen-bond donors (Lipinski definition) is 0. The van der Waals surface area contributed by atoms with Gasteiger partial charge < -0.3 is 4.74 Å². The minimum Gasteiger partial charge on any atom is -0.493 e. The van der Waals surface area contributed by atoms with Crippen LogP contribution in [0.25, 0.3) is 0 Å². The monoisotopic (exact) mass is 266 g/mol. The van der Waals surface area contributed by atoms with Crippen LogP contribution in [0.4, 0.5) is 8.78 Å². The number of rotatable bonds is 4. The van der Waals surface area contributed by atoms with Gasteiger partial charge in [-0.15, -0.1) is 0 Å². The lowest BCUT2D eigenvalue weighted by Gasteiger charge is -2.06. The first-order valence-corrected chi connectivity index (χ1v) is 5.67. The highest BCUT2D eigenvalue weighted by Crippen LogP contribution is 2.22. The summed E-state index contributed by atoms with van der Waals surface area (Å²) in [5, 5.41) is 3.98. The van der Waals surface area contributed by atoms with Gasteiger partial charge in [0.15, 0.2) is 11.4 Å². The molecule has 4 nitrogen and oxygen atoms in total. The van der Waals surface area contributed by atoms with Gasteiger partial charge in [0.1, 0.15) is 11.6 Å². The Labute approximate surface area is 108 Å². The first kappa shape index (κ1) is 13.2. The zero-order valence-corrected chi connectivity index (χ0v) is 10.5. The molecule has 19 heavy (non-hydrogen) atoms. The summed E-state index contributed by atoms with van der Waals surface area (Å²) in [6.45, 7) is 2.25. The third kappa shape index (κ3) is 2.47. The third-order valence-corrected chi connectivity index (χ3v) is 2.67. The van der Waals surface area contributed by atoms with Crippen molar-refractivity contribution in [3.05, 3.63) is 47.3 Å². The fraction of sp³-hybridized carbons (Fsp3) is 0.231. The molecule has 2 aromatic rings. The van der Waals surface area contributed by atoms with E-state index in [2.05, 4.69) is 5.10 Å². The lowest BCUT2D eigenvalue weighted by atomic mass is 10.1. The summed E-state index contributed by atoms with van der Waals surface area (Å²) in [4.78, 5) is 12.3. The molecule has 0 bridgehead atoms. The molecule has 0 N–H and O–H groups in total. The maximum absolute atomic E-state index is 13.1. The number of ketones is 1. The molecule has 2 rings (SSSR count). The van der Waals surface area contributed by atoms with Crippen molar-refractivity contribution >= 4 is 5.78 Å². The zero-order chi connectivity index (χ0) is 14.0. The number of methoxy groups -OCH3 is 1. The number of hydrogen-bond acceptors (Lipinski definition) is 3. The molecule has 0 atom stereocenters. The molecular weight excluding hydrogens is 254 g/mol. The molecule has 0 aliphatic heterocycles. The van der Waals surface area contributed by atoms with Crippen molar-refractivity contribution in [2.75, 3.05) is 7.11 Å². The van der Waals surface area contributed by atoms with Gasteiger partial charge >= 0.3 is 0 Å². The van der Waals surface area contributed by atoms with Crippen LogP contribution in [0.3, 0.4) is 0 Å². The minimum absolute atomic E-state index is 0.0778. The summed E-state index contributed by atoms with van der Waals surface area (Å²) in [5.74, 6) is -1.86. The molecule has 1 aromatic carbocycles. The van der Waals surface area contributed by atoms with E-state index in [1.807, 2.05) is 0 Å². The Kier molecular flexibility index (Phi) is 3.59. The highest BCUT2D eigenvalue weighted by molar-refractivity contribution is 6.09. The number of halogens is 2. The summed E-state index contributed by atoms with van der Waals surface area (Å²) in [6.07, 6.45) is 1.40. The molecule has 0 unspecified atom stereocenters. The van der Waals surface area contributed by atoms with Crippen LogP contribution in [0.1, 0.15) is 23.0 Å². The van der Waals surface area contributed by atoms with Crippen molar-refractivity contribution in [1.82, 2.24) is 9.78 Å². The zero-order valence-electron chi connectivity index (χ0n) is 10.5. The maximum atomic E-state index is 13.1. The van der Waals surface area contributed by atoms with Crippen molar-refractivity contribution in [3.63, 3.8) is 0 Å². The van der Waals surface area contributed by atoms with Crippen molar-refractivity contribution in [3.8, 4) is 5.75 Å². The van der Waals surface area contributed by atoms with Crippen LogP contribution in [0, 0.1) is 11.6 Å². The Hall–Kier alpha value is -2.24. The second-order valence-corrected chi connectivity index (χ2v) is 3.86. The van der Waals surface area contributed by atoms with E-state index < -0.39 is 17.4 Å². The van der Waals surface area contributed by atoms with E-state index in [1.54, 1.807) is 6.92 Å². The Morgan fingerprint density at radius 2 is 1.95 bits per heavy atom. The SMILES string of the molecule is CCn1ncc(OC)c1C(=O)c1cc(F)cc(F)c1. The van der Waals surface area contributed by atoms with Gasteiger partial charge in [-0.1, -0.05) is 0 Å². The van der Waals surface area contributed by atoms with Crippen LogP contribution in [0.2, 0.25) is 0 Å². The summed E-state index contributed by atoms with van der Waals surface area (Å²) < 4.78 is 32.8. The van der Waals surface area contributed by atoms with E-state index in [4.69, 9.17) is 4.74 Å². The lowest BCUT2D eigenvalue weighted by Crippen LogP contribution is -2.12.